The number of rotatable bonds is 5. The SMILES string of the molecule is Cc1ncc(-c2ccc(S(=O)(=O)C3CCCCC3)cc2)nc1-c1nnc(-c2ccccc2F)o1. The zero-order chi connectivity index (χ0) is 23.7. The van der Waals surface area contributed by atoms with Crippen LogP contribution in [0.3, 0.4) is 0 Å². The highest BCUT2D eigenvalue weighted by atomic mass is 32.2. The zero-order valence-corrected chi connectivity index (χ0v) is 19.4. The number of halogens is 1. The minimum absolute atomic E-state index is 0.0528. The third kappa shape index (κ3) is 4.23. The Bertz CT molecular complexity index is 1430. The molecule has 0 N–H and O–H groups in total. The lowest BCUT2D eigenvalue weighted by Gasteiger charge is -2.21. The Balaban J connectivity index is 1.44. The van der Waals surface area contributed by atoms with Gasteiger partial charge in [0.25, 0.3) is 11.8 Å². The van der Waals surface area contributed by atoms with Gasteiger partial charge in [-0.25, -0.2) is 17.8 Å². The van der Waals surface area contributed by atoms with Crippen LogP contribution < -0.4 is 0 Å². The van der Waals surface area contributed by atoms with Gasteiger partial charge in [-0.3, -0.25) is 4.98 Å². The Labute approximate surface area is 197 Å². The van der Waals surface area contributed by atoms with E-state index in [9.17, 15) is 12.8 Å². The third-order valence-electron chi connectivity index (χ3n) is 6.16. The van der Waals surface area contributed by atoms with E-state index in [4.69, 9.17) is 4.42 Å². The Morgan fingerprint density at radius 1 is 0.941 bits per heavy atom. The molecule has 1 saturated carbocycles. The number of aryl methyl sites for hydroxylation is 1. The number of aromatic nitrogens is 4. The van der Waals surface area contributed by atoms with E-state index in [0.717, 1.165) is 32.1 Å². The number of nitrogens with zero attached hydrogens (tertiary/aromatic N) is 4. The summed E-state index contributed by atoms with van der Waals surface area (Å²) in [7, 11) is -3.35. The van der Waals surface area contributed by atoms with Gasteiger partial charge in [-0.15, -0.1) is 10.2 Å². The molecule has 2 aromatic carbocycles. The number of benzene rings is 2. The van der Waals surface area contributed by atoms with Gasteiger partial charge in [0.2, 0.25) is 0 Å². The van der Waals surface area contributed by atoms with Crippen LogP contribution in [-0.4, -0.2) is 33.8 Å². The molecule has 34 heavy (non-hydrogen) atoms. The van der Waals surface area contributed by atoms with Gasteiger partial charge >= 0.3 is 0 Å². The van der Waals surface area contributed by atoms with Crippen molar-refractivity contribution in [2.75, 3.05) is 0 Å². The highest BCUT2D eigenvalue weighted by Gasteiger charge is 2.29. The molecule has 174 valence electrons. The van der Waals surface area contributed by atoms with Gasteiger partial charge in [-0.05, 0) is 44.0 Å². The molecule has 9 heteroatoms. The molecule has 1 aliphatic carbocycles. The molecule has 4 aromatic rings. The summed E-state index contributed by atoms with van der Waals surface area (Å²) in [6.45, 7) is 1.76. The lowest BCUT2D eigenvalue weighted by molar-refractivity contribution is 0.483. The predicted octanol–water partition coefficient (Wildman–Crippen LogP) is 5.41. The largest absolute Gasteiger partial charge is 0.414 e. The van der Waals surface area contributed by atoms with Gasteiger partial charge in [0, 0.05) is 5.56 Å². The molecule has 0 unspecified atom stereocenters. The molecule has 0 amide bonds. The van der Waals surface area contributed by atoms with E-state index < -0.39 is 15.7 Å². The predicted molar refractivity (Wildman–Crippen MR) is 125 cm³/mol. The van der Waals surface area contributed by atoms with E-state index in [1.165, 1.54) is 6.07 Å². The molecule has 0 bridgehead atoms. The molecule has 1 fully saturated rings. The number of hydrogen-bond acceptors (Lipinski definition) is 7. The molecule has 7 nitrogen and oxygen atoms in total. The van der Waals surface area contributed by atoms with Crippen molar-refractivity contribution in [2.24, 2.45) is 0 Å². The molecule has 2 aromatic heterocycles. The molecule has 0 saturated heterocycles. The van der Waals surface area contributed by atoms with E-state index >= 15 is 0 Å². The summed E-state index contributed by atoms with van der Waals surface area (Å²) in [6.07, 6.45) is 6.06. The van der Waals surface area contributed by atoms with Crippen LogP contribution in [-0.2, 0) is 9.84 Å². The highest BCUT2D eigenvalue weighted by Crippen LogP contribution is 2.31. The number of hydrogen-bond donors (Lipinski definition) is 0. The fraction of sp³-hybridized carbons (Fsp3) is 0.280. The van der Waals surface area contributed by atoms with Crippen molar-refractivity contribution >= 4 is 9.84 Å². The summed E-state index contributed by atoms with van der Waals surface area (Å²) < 4.78 is 45.7. The smallest absolute Gasteiger partial charge is 0.268 e. The minimum Gasteiger partial charge on any atom is -0.414 e. The van der Waals surface area contributed by atoms with Crippen molar-refractivity contribution < 1.29 is 17.2 Å². The van der Waals surface area contributed by atoms with E-state index in [1.807, 2.05) is 0 Å². The van der Waals surface area contributed by atoms with Crippen LogP contribution in [0.2, 0.25) is 0 Å². The van der Waals surface area contributed by atoms with Crippen LogP contribution in [0.5, 0.6) is 0 Å². The molecular weight excluding hydrogens is 455 g/mol. The molecule has 2 heterocycles. The van der Waals surface area contributed by atoms with Crippen LogP contribution in [0.1, 0.15) is 37.8 Å². The summed E-state index contributed by atoms with van der Waals surface area (Å²) in [5, 5.41) is 7.69. The van der Waals surface area contributed by atoms with Gasteiger partial charge in [-0.2, -0.15) is 0 Å². The monoisotopic (exact) mass is 478 g/mol. The maximum Gasteiger partial charge on any atom is 0.268 e. The average Bonchev–Trinajstić information content (AvgIpc) is 3.35. The highest BCUT2D eigenvalue weighted by molar-refractivity contribution is 7.92. The first-order chi connectivity index (χ1) is 16.4. The van der Waals surface area contributed by atoms with Crippen LogP contribution in [0.4, 0.5) is 4.39 Å². The fourth-order valence-electron chi connectivity index (χ4n) is 4.24. The summed E-state index contributed by atoms with van der Waals surface area (Å²) in [6, 6.07) is 12.9. The van der Waals surface area contributed by atoms with Crippen molar-refractivity contribution in [3.63, 3.8) is 0 Å². The average molecular weight is 479 g/mol. The lowest BCUT2D eigenvalue weighted by Crippen LogP contribution is -2.24. The maximum atomic E-state index is 14.1. The topological polar surface area (TPSA) is 98.8 Å². The Kier molecular flexibility index (Phi) is 5.95. The second-order valence-corrected chi connectivity index (χ2v) is 10.6. The molecule has 0 aliphatic heterocycles. The second-order valence-electron chi connectivity index (χ2n) is 8.41. The molecule has 0 radical (unpaired) electrons. The molecule has 0 atom stereocenters. The quantitative estimate of drug-likeness (QED) is 0.378. The van der Waals surface area contributed by atoms with Gasteiger partial charge in [0.05, 0.1) is 33.3 Å². The van der Waals surface area contributed by atoms with Gasteiger partial charge in [0.1, 0.15) is 11.5 Å². The summed E-state index contributed by atoms with van der Waals surface area (Å²) >= 11 is 0. The van der Waals surface area contributed by atoms with Crippen molar-refractivity contribution in [3.05, 3.63) is 66.2 Å². The van der Waals surface area contributed by atoms with Gasteiger partial charge in [0.15, 0.2) is 9.84 Å². The van der Waals surface area contributed by atoms with Crippen molar-refractivity contribution in [3.8, 4) is 34.3 Å². The van der Waals surface area contributed by atoms with Crippen LogP contribution >= 0.6 is 0 Å². The molecular formula is C25H23FN4O3S. The van der Waals surface area contributed by atoms with E-state index in [2.05, 4.69) is 20.2 Å². The Morgan fingerprint density at radius 3 is 2.38 bits per heavy atom. The van der Waals surface area contributed by atoms with E-state index in [1.54, 1.807) is 55.6 Å². The standard InChI is InChI=1S/C25H23FN4O3S/c1-16-23(25-30-29-24(33-25)20-9-5-6-10-21(20)26)28-22(15-27-16)17-11-13-19(14-12-17)34(31,32)18-7-3-2-4-8-18/h5-6,9-15,18H,2-4,7-8H2,1H3. The van der Waals surface area contributed by atoms with Crippen molar-refractivity contribution in [1.29, 1.82) is 0 Å². The molecule has 1 aliphatic rings. The van der Waals surface area contributed by atoms with Gasteiger partial charge < -0.3 is 4.42 Å². The molecule has 0 spiro atoms. The summed E-state index contributed by atoms with van der Waals surface area (Å²) in [4.78, 5) is 9.34. The van der Waals surface area contributed by atoms with E-state index in [0.29, 0.717) is 27.5 Å². The Morgan fingerprint density at radius 2 is 1.65 bits per heavy atom. The fourth-order valence-corrected chi connectivity index (χ4v) is 6.09. The van der Waals surface area contributed by atoms with Crippen LogP contribution in [0.25, 0.3) is 34.3 Å². The van der Waals surface area contributed by atoms with Crippen LogP contribution in [0.15, 0.2) is 64.0 Å². The first-order valence-corrected chi connectivity index (χ1v) is 12.7. The summed E-state index contributed by atoms with van der Waals surface area (Å²) in [5.41, 5.74) is 2.41. The normalized spacial score (nSPS) is 14.9. The lowest BCUT2D eigenvalue weighted by atomic mass is 10.0. The van der Waals surface area contributed by atoms with E-state index in [-0.39, 0.29) is 22.6 Å². The zero-order valence-electron chi connectivity index (χ0n) is 18.6. The third-order valence-corrected chi connectivity index (χ3v) is 8.44. The van der Waals surface area contributed by atoms with Gasteiger partial charge in [-0.1, -0.05) is 43.5 Å². The summed E-state index contributed by atoms with van der Waals surface area (Å²) in [5.74, 6) is -0.281. The second kappa shape index (κ2) is 9.06. The Hall–Kier alpha value is -3.46. The van der Waals surface area contributed by atoms with Crippen LogP contribution in [0, 0.1) is 12.7 Å². The van der Waals surface area contributed by atoms with Crippen molar-refractivity contribution in [1.82, 2.24) is 20.2 Å². The minimum atomic E-state index is -3.35. The maximum absolute atomic E-state index is 14.1. The first-order valence-electron chi connectivity index (χ1n) is 11.2. The van der Waals surface area contributed by atoms with Crippen molar-refractivity contribution in [2.45, 2.75) is 49.2 Å². The molecule has 5 rings (SSSR count). The first kappa shape index (κ1) is 22.3. The number of sulfone groups is 1.